The lowest BCUT2D eigenvalue weighted by Crippen LogP contribution is -2.46. The van der Waals surface area contributed by atoms with Crippen LogP contribution in [0, 0.1) is 0 Å². The quantitative estimate of drug-likeness (QED) is 0.660. The van der Waals surface area contributed by atoms with Crippen molar-refractivity contribution in [3.05, 3.63) is 35.4 Å². The minimum Gasteiger partial charge on any atom is -0.393 e. The first-order valence-corrected chi connectivity index (χ1v) is 8.02. The van der Waals surface area contributed by atoms with Crippen LogP contribution in [-0.4, -0.2) is 41.7 Å². The van der Waals surface area contributed by atoms with E-state index in [-0.39, 0.29) is 6.10 Å². The second-order valence-electron chi connectivity index (χ2n) is 5.51. The molecule has 1 aliphatic rings. The normalized spacial score (nSPS) is 17.1. The second kappa shape index (κ2) is 8.03. The van der Waals surface area contributed by atoms with Crippen molar-refractivity contribution >= 4 is 5.96 Å². The fourth-order valence-electron chi connectivity index (χ4n) is 2.72. The number of aliphatic hydroxyl groups is 1. The van der Waals surface area contributed by atoms with Gasteiger partial charge in [-0.2, -0.15) is 0 Å². The molecule has 0 bridgehead atoms. The molecule has 0 spiro atoms. The molecular formula is C17H27N3O. The maximum Gasteiger partial charge on any atom is 0.194 e. The summed E-state index contributed by atoms with van der Waals surface area (Å²) in [7, 11) is 0. The number of aryl methyl sites for hydroxylation is 1. The van der Waals surface area contributed by atoms with Gasteiger partial charge in [0.05, 0.1) is 12.6 Å². The number of likely N-dealkylation sites (tertiary alicyclic amines) is 1. The predicted octanol–water partition coefficient (Wildman–Crippen LogP) is 2.17. The van der Waals surface area contributed by atoms with Crippen LogP contribution in [0.15, 0.2) is 29.3 Å². The molecule has 116 valence electrons. The fraction of sp³-hybridized carbons (Fsp3) is 0.588. The number of aliphatic imine (C=N–C) groups is 1. The Morgan fingerprint density at radius 2 is 1.90 bits per heavy atom. The van der Waals surface area contributed by atoms with Crippen LogP contribution >= 0.6 is 0 Å². The van der Waals surface area contributed by atoms with Crippen molar-refractivity contribution < 1.29 is 5.11 Å². The van der Waals surface area contributed by atoms with Crippen LogP contribution in [0.5, 0.6) is 0 Å². The zero-order valence-electron chi connectivity index (χ0n) is 13.2. The molecule has 1 saturated heterocycles. The van der Waals surface area contributed by atoms with Crippen molar-refractivity contribution in [2.75, 3.05) is 19.6 Å². The Balaban J connectivity index is 2.06. The number of hydrogen-bond donors (Lipinski definition) is 2. The average molecular weight is 289 g/mol. The van der Waals surface area contributed by atoms with Gasteiger partial charge in [-0.1, -0.05) is 31.2 Å². The Morgan fingerprint density at radius 3 is 2.52 bits per heavy atom. The molecule has 0 saturated carbocycles. The first-order valence-electron chi connectivity index (χ1n) is 8.02. The molecule has 0 aliphatic carbocycles. The number of aliphatic hydroxyl groups excluding tert-OH is 1. The number of guanidine groups is 1. The molecule has 1 heterocycles. The van der Waals surface area contributed by atoms with E-state index in [1.165, 1.54) is 11.1 Å². The van der Waals surface area contributed by atoms with Gasteiger partial charge >= 0.3 is 0 Å². The summed E-state index contributed by atoms with van der Waals surface area (Å²) < 4.78 is 0. The third-order valence-corrected chi connectivity index (χ3v) is 4.00. The maximum atomic E-state index is 9.63. The van der Waals surface area contributed by atoms with Gasteiger partial charge in [-0.05, 0) is 37.3 Å². The standard InChI is InChI=1S/C17H27N3O/c1-3-14-7-5-6-8-15(14)13-19-17(18-4-2)20-11-9-16(21)10-12-20/h5-8,16,21H,3-4,9-13H2,1-2H3,(H,18,19). The van der Waals surface area contributed by atoms with E-state index < -0.39 is 0 Å². The first-order chi connectivity index (χ1) is 10.2. The van der Waals surface area contributed by atoms with Crippen molar-refractivity contribution in [1.82, 2.24) is 10.2 Å². The van der Waals surface area contributed by atoms with Crippen LogP contribution in [0.2, 0.25) is 0 Å². The SMILES string of the molecule is CCNC(=NCc1ccccc1CC)N1CCC(O)CC1. The van der Waals surface area contributed by atoms with Crippen LogP contribution in [0.25, 0.3) is 0 Å². The summed E-state index contributed by atoms with van der Waals surface area (Å²) in [5, 5.41) is 13.0. The summed E-state index contributed by atoms with van der Waals surface area (Å²) in [5.41, 5.74) is 2.67. The summed E-state index contributed by atoms with van der Waals surface area (Å²) in [6, 6.07) is 8.50. The molecule has 0 radical (unpaired) electrons. The van der Waals surface area contributed by atoms with E-state index in [0.29, 0.717) is 6.54 Å². The van der Waals surface area contributed by atoms with E-state index in [1.807, 2.05) is 0 Å². The highest BCUT2D eigenvalue weighted by atomic mass is 16.3. The summed E-state index contributed by atoms with van der Waals surface area (Å²) >= 11 is 0. The minimum atomic E-state index is -0.148. The fourth-order valence-corrected chi connectivity index (χ4v) is 2.72. The van der Waals surface area contributed by atoms with Crippen molar-refractivity contribution in [3.8, 4) is 0 Å². The van der Waals surface area contributed by atoms with E-state index in [2.05, 4.69) is 48.3 Å². The van der Waals surface area contributed by atoms with Gasteiger partial charge in [0, 0.05) is 19.6 Å². The predicted molar refractivity (Wildman–Crippen MR) is 87.4 cm³/mol. The zero-order chi connectivity index (χ0) is 15.1. The molecule has 1 aromatic carbocycles. The monoisotopic (exact) mass is 289 g/mol. The van der Waals surface area contributed by atoms with Crippen LogP contribution in [0.3, 0.4) is 0 Å². The van der Waals surface area contributed by atoms with Crippen LogP contribution < -0.4 is 5.32 Å². The van der Waals surface area contributed by atoms with Crippen LogP contribution in [0.1, 0.15) is 37.8 Å². The largest absolute Gasteiger partial charge is 0.393 e. The molecule has 0 amide bonds. The zero-order valence-corrected chi connectivity index (χ0v) is 13.2. The van der Waals surface area contributed by atoms with Gasteiger partial charge in [0.15, 0.2) is 5.96 Å². The molecule has 21 heavy (non-hydrogen) atoms. The highest BCUT2D eigenvalue weighted by Crippen LogP contribution is 2.13. The smallest absolute Gasteiger partial charge is 0.194 e. The van der Waals surface area contributed by atoms with Crippen molar-refractivity contribution in [3.63, 3.8) is 0 Å². The molecule has 4 heteroatoms. The molecular weight excluding hydrogens is 262 g/mol. The van der Waals surface area contributed by atoms with Crippen LogP contribution in [-0.2, 0) is 13.0 Å². The lowest BCUT2D eigenvalue weighted by atomic mass is 10.1. The number of benzene rings is 1. The molecule has 4 nitrogen and oxygen atoms in total. The Morgan fingerprint density at radius 1 is 1.24 bits per heavy atom. The Kier molecular flexibility index (Phi) is 6.05. The van der Waals surface area contributed by atoms with E-state index in [4.69, 9.17) is 4.99 Å². The molecule has 0 atom stereocenters. The van der Waals surface area contributed by atoms with Gasteiger partial charge in [-0.15, -0.1) is 0 Å². The van der Waals surface area contributed by atoms with Crippen molar-refractivity contribution in [2.45, 2.75) is 45.8 Å². The molecule has 2 N–H and O–H groups in total. The third kappa shape index (κ3) is 4.46. The minimum absolute atomic E-state index is 0.148. The summed E-state index contributed by atoms with van der Waals surface area (Å²) in [4.78, 5) is 7.05. The summed E-state index contributed by atoms with van der Waals surface area (Å²) in [5.74, 6) is 0.968. The van der Waals surface area contributed by atoms with Gasteiger partial charge < -0.3 is 15.3 Å². The first kappa shape index (κ1) is 15.8. The molecule has 1 fully saturated rings. The molecule has 2 rings (SSSR count). The highest BCUT2D eigenvalue weighted by Gasteiger charge is 2.19. The molecule has 1 aromatic rings. The maximum absolute atomic E-state index is 9.63. The van der Waals surface area contributed by atoms with Gasteiger partial charge in [0.25, 0.3) is 0 Å². The lowest BCUT2D eigenvalue weighted by Gasteiger charge is -2.32. The molecule has 0 unspecified atom stereocenters. The van der Waals surface area contributed by atoms with E-state index >= 15 is 0 Å². The van der Waals surface area contributed by atoms with Crippen molar-refractivity contribution in [2.24, 2.45) is 4.99 Å². The van der Waals surface area contributed by atoms with E-state index in [9.17, 15) is 5.11 Å². The van der Waals surface area contributed by atoms with E-state index in [1.54, 1.807) is 0 Å². The van der Waals surface area contributed by atoms with Crippen LogP contribution in [0.4, 0.5) is 0 Å². The molecule has 0 aromatic heterocycles. The summed E-state index contributed by atoms with van der Waals surface area (Å²) in [6.45, 7) is 7.61. The third-order valence-electron chi connectivity index (χ3n) is 4.00. The van der Waals surface area contributed by atoms with Gasteiger partial charge in [-0.25, -0.2) is 4.99 Å². The topological polar surface area (TPSA) is 47.9 Å². The number of nitrogens with zero attached hydrogens (tertiary/aromatic N) is 2. The molecule has 1 aliphatic heterocycles. The Hall–Kier alpha value is -1.55. The lowest BCUT2D eigenvalue weighted by molar-refractivity contribution is 0.108. The van der Waals surface area contributed by atoms with E-state index in [0.717, 1.165) is 44.9 Å². The highest BCUT2D eigenvalue weighted by molar-refractivity contribution is 5.80. The summed E-state index contributed by atoms with van der Waals surface area (Å²) in [6.07, 6.45) is 2.55. The Labute approximate surface area is 127 Å². The number of nitrogens with one attached hydrogen (secondary N) is 1. The van der Waals surface area contributed by atoms with Crippen molar-refractivity contribution in [1.29, 1.82) is 0 Å². The van der Waals surface area contributed by atoms with Gasteiger partial charge in [-0.3, -0.25) is 0 Å². The van der Waals surface area contributed by atoms with Gasteiger partial charge in [0.1, 0.15) is 0 Å². The number of rotatable bonds is 4. The number of hydrogen-bond acceptors (Lipinski definition) is 2. The number of piperidine rings is 1. The Bertz CT molecular complexity index is 465. The van der Waals surface area contributed by atoms with Gasteiger partial charge in [0.2, 0.25) is 0 Å². The average Bonchev–Trinajstić information content (AvgIpc) is 2.52. The second-order valence-corrected chi connectivity index (χ2v) is 5.51.